The highest BCUT2D eigenvalue weighted by Gasteiger charge is 2.06. The van der Waals surface area contributed by atoms with Crippen molar-refractivity contribution in [2.45, 2.75) is 13.0 Å². The molecule has 0 aliphatic heterocycles. The Kier molecular flexibility index (Phi) is 4.70. The number of benzene rings is 2. The molecular weight excluding hydrogens is 266 g/mol. The first kappa shape index (κ1) is 14.0. The van der Waals surface area contributed by atoms with Crippen LogP contribution in [-0.4, -0.2) is 5.11 Å². The van der Waals surface area contributed by atoms with Gasteiger partial charge in [0.1, 0.15) is 0 Å². The molecule has 0 aromatic heterocycles. The summed E-state index contributed by atoms with van der Waals surface area (Å²) in [4.78, 5) is 0. The summed E-state index contributed by atoms with van der Waals surface area (Å²) in [5, 5.41) is 15.6. The summed E-state index contributed by atoms with van der Waals surface area (Å²) in [6, 6.07) is 19.5. The van der Waals surface area contributed by atoms with Gasteiger partial charge in [-0.25, -0.2) is 0 Å². The molecule has 2 aromatic carbocycles. The Bertz CT molecular complexity index is 614. The first-order valence-corrected chi connectivity index (χ1v) is 6.72. The number of hydrogen-bond acceptors (Lipinski definition) is 2. The molecule has 0 radical (unpaired) electrons. The van der Waals surface area contributed by atoms with E-state index in [2.05, 4.69) is 35.8 Å². The highest BCUT2D eigenvalue weighted by atomic mass is 32.1. The third-order valence-corrected chi connectivity index (χ3v) is 3.14. The van der Waals surface area contributed by atoms with Gasteiger partial charge in [0.2, 0.25) is 0 Å². The average molecular weight is 281 g/mol. The summed E-state index contributed by atoms with van der Waals surface area (Å²) in [6.07, 6.45) is 0. The van der Waals surface area contributed by atoms with Gasteiger partial charge in [-0.1, -0.05) is 30.3 Å². The summed E-state index contributed by atoms with van der Waals surface area (Å²) in [5.74, 6) is 0. The Labute approximate surface area is 124 Å². The van der Waals surface area contributed by atoms with Crippen molar-refractivity contribution in [1.29, 1.82) is 5.26 Å². The molecule has 4 heteroatoms. The minimum absolute atomic E-state index is 0.134. The normalized spacial score (nSPS) is 11.2. The zero-order valence-corrected chi connectivity index (χ0v) is 11.9. The number of hydrogen-bond donors (Lipinski definition) is 2. The van der Waals surface area contributed by atoms with Gasteiger partial charge in [-0.15, -0.1) is 0 Å². The second-order valence-corrected chi connectivity index (χ2v) is 4.83. The molecule has 0 fully saturated rings. The SMILES string of the molecule is C[C@@H](NC(=S)Nc1ccc(C#N)cc1)c1ccccc1. The van der Waals surface area contributed by atoms with Crippen molar-refractivity contribution < 1.29 is 0 Å². The Balaban J connectivity index is 1.93. The van der Waals surface area contributed by atoms with E-state index in [1.54, 1.807) is 12.1 Å². The van der Waals surface area contributed by atoms with Gasteiger partial charge in [0.25, 0.3) is 0 Å². The minimum atomic E-state index is 0.134. The van der Waals surface area contributed by atoms with E-state index in [1.807, 2.05) is 30.3 Å². The number of nitrogens with zero attached hydrogens (tertiary/aromatic N) is 1. The van der Waals surface area contributed by atoms with E-state index in [0.717, 1.165) is 5.69 Å². The van der Waals surface area contributed by atoms with Crippen molar-refractivity contribution in [3.8, 4) is 6.07 Å². The minimum Gasteiger partial charge on any atom is -0.356 e. The Morgan fingerprint density at radius 2 is 1.75 bits per heavy atom. The Morgan fingerprint density at radius 1 is 1.10 bits per heavy atom. The van der Waals surface area contributed by atoms with Gasteiger partial charge in [0, 0.05) is 5.69 Å². The van der Waals surface area contributed by atoms with Crippen molar-refractivity contribution in [3.05, 3.63) is 65.7 Å². The van der Waals surface area contributed by atoms with Gasteiger partial charge >= 0.3 is 0 Å². The van der Waals surface area contributed by atoms with E-state index in [1.165, 1.54) is 5.56 Å². The van der Waals surface area contributed by atoms with Crippen molar-refractivity contribution in [1.82, 2.24) is 5.32 Å². The lowest BCUT2D eigenvalue weighted by Gasteiger charge is -2.17. The quantitative estimate of drug-likeness (QED) is 0.844. The van der Waals surface area contributed by atoms with Crippen LogP contribution in [0.1, 0.15) is 24.1 Å². The fraction of sp³-hybridized carbons (Fsp3) is 0.125. The molecule has 1 atom stereocenters. The molecule has 2 N–H and O–H groups in total. The summed E-state index contributed by atoms with van der Waals surface area (Å²) >= 11 is 5.29. The first-order valence-electron chi connectivity index (χ1n) is 6.31. The second kappa shape index (κ2) is 6.69. The van der Waals surface area contributed by atoms with Crippen molar-refractivity contribution in [3.63, 3.8) is 0 Å². The molecule has 20 heavy (non-hydrogen) atoms. The molecule has 0 aliphatic rings. The summed E-state index contributed by atoms with van der Waals surface area (Å²) in [5.41, 5.74) is 2.67. The fourth-order valence-corrected chi connectivity index (χ4v) is 2.11. The number of anilines is 1. The van der Waals surface area contributed by atoms with E-state index >= 15 is 0 Å². The zero-order valence-electron chi connectivity index (χ0n) is 11.1. The molecule has 3 nitrogen and oxygen atoms in total. The molecule has 0 amide bonds. The van der Waals surface area contributed by atoms with Gasteiger partial charge in [0.05, 0.1) is 17.7 Å². The summed E-state index contributed by atoms with van der Waals surface area (Å²) in [7, 11) is 0. The molecule has 0 aliphatic carbocycles. The third kappa shape index (κ3) is 3.81. The van der Waals surface area contributed by atoms with Crippen LogP contribution < -0.4 is 10.6 Å². The van der Waals surface area contributed by atoms with E-state index in [0.29, 0.717) is 10.7 Å². The van der Waals surface area contributed by atoms with E-state index in [-0.39, 0.29) is 6.04 Å². The molecule has 0 unspecified atom stereocenters. The Hall–Kier alpha value is -2.38. The Morgan fingerprint density at radius 3 is 2.35 bits per heavy atom. The van der Waals surface area contributed by atoms with Crippen LogP contribution in [0.25, 0.3) is 0 Å². The molecule has 2 aromatic rings. The lowest BCUT2D eigenvalue weighted by atomic mass is 10.1. The lowest BCUT2D eigenvalue weighted by Crippen LogP contribution is -2.30. The highest BCUT2D eigenvalue weighted by molar-refractivity contribution is 7.80. The number of nitrogens with one attached hydrogen (secondary N) is 2. The van der Waals surface area contributed by atoms with Gasteiger partial charge in [-0.3, -0.25) is 0 Å². The van der Waals surface area contributed by atoms with E-state index in [9.17, 15) is 0 Å². The molecule has 0 saturated heterocycles. The van der Waals surface area contributed by atoms with Crippen molar-refractivity contribution in [2.24, 2.45) is 0 Å². The van der Waals surface area contributed by atoms with Crippen LogP contribution in [0.3, 0.4) is 0 Å². The smallest absolute Gasteiger partial charge is 0.171 e. The summed E-state index contributed by atoms with van der Waals surface area (Å²) in [6.45, 7) is 2.06. The van der Waals surface area contributed by atoms with Crippen molar-refractivity contribution in [2.75, 3.05) is 5.32 Å². The number of thiocarbonyl (C=S) groups is 1. The third-order valence-electron chi connectivity index (χ3n) is 2.92. The van der Waals surface area contributed by atoms with Gasteiger partial charge in [0.15, 0.2) is 5.11 Å². The van der Waals surface area contributed by atoms with Crippen LogP contribution >= 0.6 is 12.2 Å². The van der Waals surface area contributed by atoms with Crippen LogP contribution in [0.4, 0.5) is 5.69 Å². The summed E-state index contributed by atoms with van der Waals surface area (Å²) < 4.78 is 0. The van der Waals surface area contributed by atoms with Gasteiger partial charge in [-0.05, 0) is 49.0 Å². The van der Waals surface area contributed by atoms with Crippen LogP contribution in [0.15, 0.2) is 54.6 Å². The van der Waals surface area contributed by atoms with Gasteiger partial charge < -0.3 is 10.6 Å². The molecule has 0 bridgehead atoms. The van der Waals surface area contributed by atoms with Crippen molar-refractivity contribution >= 4 is 23.0 Å². The maximum absolute atomic E-state index is 8.75. The van der Waals surface area contributed by atoms with Gasteiger partial charge in [-0.2, -0.15) is 5.26 Å². The van der Waals surface area contributed by atoms with Crippen LogP contribution in [0.5, 0.6) is 0 Å². The highest BCUT2D eigenvalue weighted by Crippen LogP contribution is 2.12. The molecule has 0 heterocycles. The number of nitriles is 1. The van der Waals surface area contributed by atoms with Crippen LogP contribution in [0, 0.1) is 11.3 Å². The standard InChI is InChI=1S/C16H15N3S/c1-12(14-5-3-2-4-6-14)18-16(20)19-15-9-7-13(11-17)8-10-15/h2-10,12H,1H3,(H2,18,19,20)/t12-/m1/s1. The second-order valence-electron chi connectivity index (χ2n) is 4.42. The topological polar surface area (TPSA) is 47.8 Å². The first-order chi connectivity index (χ1) is 9.69. The predicted molar refractivity (Wildman–Crippen MR) is 85.4 cm³/mol. The van der Waals surface area contributed by atoms with E-state index < -0.39 is 0 Å². The average Bonchev–Trinajstić information content (AvgIpc) is 2.49. The largest absolute Gasteiger partial charge is 0.356 e. The molecule has 0 spiro atoms. The predicted octanol–water partition coefficient (Wildman–Crippen LogP) is 3.61. The molecule has 2 rings (SSSR count). The number of rotatable bonds is 3. The molecule has 0 saturated carbocycles. The fourth-order valence-electron chi connectivity index (χ4n) is 1.82. The van der Waals surface area contributed by atoms with Crippen LogP contribution in [-0.2, 0) is 0 Å². The molecule has 100 valence electrons. The maximum Gasteiger partial charge on any atom is 0.171 e. The lowest BCUT2D eigenvalue weighted by molar-refractivity contribution is 0.722. The zero-order chi connectivity index (χ0) is 14.4. The van der Waals surface area contributed by atoms with E-state index in [4.69, 9.17) is 17.5 Å². The van der Waals surface area contributed by atoms with Crippen LogP contribution in [0.2, 0.25) is 0 Å². The monoisotopic (exact) mass is 281 g/mol. The maximum atomic E-state index is 8.75. The molecular formula is C16H15N3S.